The van der Waals surface area contributed by atoms with Crippen LogP contribution in [0.15, 0.2) is 23.8 Å². The molecule has 3 rings (SSSR count). The monoisotopic (exact) mass is 321 g/mol. The quantitative estimate of drug-likeness (QED) is 0.934. The van der Waals surface area contributed by atoms with Gasteiger partial charge in [-0.05, 0) is 18.4 Å². The number of rotatable bonds is 3. The Morgan fingerprint density at radius 3 is 3.14 bits per heavy atom. The Labute approximate surface area is 132 Å². The van der Waals surface area contributed by atoms with E-state index >= 15 is 0 Å². The third-order valence-electron chi connectivity index (χ3n) is 3.70. The lowest BCUT2D eigenvalue weighted by Gasteiger charge is -2.33. The Morgan fingerprint density at radius 2 is 2.45 bits per heavy atom. The Morgan fingerprint density at radius 1 is 1.59 bits per heavy atom. The molecule has 2 aromatic heterocycles. The van der Waals surface area contributed by atoms with Crippen molar-refractivity contribution in [3.8, 4) is 0 Å². The van der Waals surface area contributed by atoms with E-state index in [1.807, 2.05) is 36.1 Å². The highest BCUT2D eigenvalue weighted by molar-refractivity contribution is 7.10. The maximum Gasteiger partial charge on any atom is 0.318 e. The van der Waals surface area contributed by atoms with E-state index < -0.39 is 0 Å². The Kier molecular flexibility index (Phi) is 4.39. The summed E-state index contributed by atoms with van der Waals surface area (Å²) in [5.74, 6) is 0.740. The van der Waals surface area contributed by atoms with Gasteiger partial charge in [0.1, 0.15) is 12.4 Å². The van der Waals surface area contributed by atoms with Crippen molar-refractivity contribution in [2.24, 2.45) is 7.05 Å². The lowest BCUT2D eigenvalue weighted by Crippen LogP contribution is -2.48. The van der Waals surface area contributed by atoms with Crippen LogP contribution in [0.4, 0.5) is 4.79 Å². The zero-order valence-corrected chi connectivity index (χ0v) is 13.4. The van der Waals surface area contributed by atoms with Crippen LogP contribution in [-0.4, -0.2) is 45.4 Å². The summed E-state index contributed by atoms with van der Waals surface area (Å²) in [6, 6.07) is 3.94. The van der Waals surface area contributed by atoms with E-state index in [0.717, 1.165) is 10.7 Å². The number of ether oxygens (including phenoxy) is 1. The van der Waals surface area contributed by atoms with Crippen LogP contribution in [0.3, 0.4) is 0 Å². The van der Waals surface area contributed by atoms with Gasteiger partial charge >= 0.3 is 6.03 Å². The van der Waals surface area contributed by atoms with Gasteiger partial charge in [0.15, 0.2) is 5.82 Å². The van der Waals surface area contributed by atoms with Gasteiger partial charge in [0, 0.05) is 18.5 Å². The molecule has 0 aliphatic carbocycles. The highest BCUT2D eigenvalue weighted by atomic mass is 32.1. The first-order valence-corrected chi connectivity index (χ1v) is 8.07. The number of amides is 2. The maximum atomic E-state index is 12.4. The number of carbonyl (C=O) groups is 1. The Hall–Kier alpha value is -1.93. The normalized spacial score (nSPS) is 19.9. The molecule has 22 heavy (non-hydrogen) atoms. The fraction of sp³-hybridized carbons (Fsp3) is 0.500. The second-order valence-corrected chi connectivity index (χ2v) is 6.27. The first-order valence-electron chi connectivity index (χ1n) is 7.19. The van der Waals surface area contributed by atoms with E-state index in [4.69, 9.17) is 4.74 Å². The lowest BCUT2D eigenvalue weighted by atomic mass is 10.2. The third kappa shape index (κ3) is 3.12. The average Bonchev–Trinajstić information content (AvgIpc) is 3.18. The second kappa shape index (κ2) is 6.45. The predicted octanol–water partition coefficient (Wildman–Crippen LogP) is 1.72. The van der Waals surface area contributed by atoms with E-state index in [9.17, 15) is 4.79 Å². The number of hydrogen-bond donors (Lipinski definition) is 1. The molecule has 7 nitrogen and oxygen atoms in total. The zero-order valence-electron chi connectivity index (χ0n) is 12.6. The van der Waals surface area contributed by atoms with E-state index in [2.05, 4.69) is 15.5 Å². The van der Waals surface area contributed by atoms with Crippen LogP contribution >= 0.6 is 11.3 Å². The molecule has 1 aliphatic heterocycles. The number of thiophene rings is 1. The SMILES string of the molecule is C[C@@H](NC(=O)N1CCO[C@H](c2nncn2C)C1)c1cccs1. The summed E-state index contributed by atoms with van der Waals surface area (Å²) in [4.78, 5) is 15.3. The van der Waals surface area contributed by atoms with Gasteiger partial charge in [-0.1, -0.05) is 6.07 Å². The molecule has 2 atom stereocenters. The molecule has 3 heterocycles. The fourth-order valence-corrected chi connectivity index (χ4v) is 3.19. The zero-order chi connectivity index (χ0) is 15.5. The number of hydrogen-bond acceptors (Lipinski definition) is 5. The first-order chi connectivity index (χ1) is 10.6. The summed E-state index contributed by atoms with van der Waals surface area (Å²) in [6.07, 6.45) is 1.40. The minimum absolute atomic E-state index is 0.00335. The molecule has 0 spiro atoms. The minimum atomic E-state index is -0.232. The Bertz CT molecular complexity index is 627. The van der Waals surface area contributed by atoms with Crippen LogP contribution < -0.4 is 5.32 Å². The van der Waals surface area contributed by atoms with Crippen molar-refractivity contribution < 1.29 is 9.53 Å². The number of morpholine rings is 1. The van der Waals surface area contributed by atoms with Crippen molar-refractivity contribution in [1.82, 2.24) is 25.0 Å². The van der Waals surface area contributed by atoms with Crippen molar-refractivity contribution >= 4 is 17.4 Å². The molecule has 8 heteroatoms. The predicted molar refractivity (Wildman–Crippen MR) is 82.5 cm³/mol. The molecule has 0 saturated carbocycles. The molecule has 118 valence electrons. The van der Waals surface area contributed by atoms with Crippen LogP contribution in [0.5, 0.6) is 0 Å². The van der Waals surface area contributed by atoms with Crippen molar-refractivity contribution in [3.05, 3.63) is 34.5 Å². The highest BCUT2D eigenvalue weighted by Crippen LogP contribution is 2.21. The average molecular weight is 321 g/mol. The number of aryl methyl sites for hydroxylation is 1. The van der Waals surface area contributed by atoms with Gasteiger partial charge in [0.25, 0.3) is 0 Å². The van der Waals surface area contributed by atoms with Crippen LogP contribution in [-0.2, 0) is 11.8 Å². The second-order valence-electron chi connectivity index (χ2n) is 5.29. The molecule has 1 fully saturated rings. The van der Waals surface area contributed by atoms with Crippen LogP contribution in [0.2, 0.25) is 0 Å². The van der Waals surface area contributed by atoms with Crippen molar-refractivity contribution in [2.45, 2.75) is 19.1 Å². The van der Waals surface area contributed by atoms with Crippen molar-refractivity contribution in [1.29, 1.82) is 0 Å². The van der Waals surface area contributed by atoms with Crippen LogP contribution in [0.25, 0.3) is 0 Å². The van der Waals surface area contributed by atoms with Crippen molar-refractivity contribution in [3.63, 3.8) is 0 Å². The number of aromatic nitrogens is 3. The summed E-state index contributed by atoms with van der Waals surface area (Å²) in [7, 11) is 1.87. The summed E-state index contributed by atoms with van der Waals surface area (Å²) in [5.41, 5.74) is 0. The summed E-state index contributed by atoms with van der Waals surface area (Å²) in [5, 5.41) is 13.0. The molecule has 0 aromatic carbocycles. The number of carbonyl (C=O) groups excluding carboxylic acids is 1. The number of urea groups is 1. The molecular weight excluding hydrogens is 302 g/mol. The topological polar surface area (TPSA) is 72.3 Å². The molecule has 1 N–H and O–H groups in total. The van der Waals surface area contributed by atoms with Gasteiger partial charge in [0.05, 0.1) is 19.2 Å². The highest BCUT2D eigenvalue weighted by Gasteiger charge is 2.28. The van der Waals surface area contributed by atoms with Crippen molar-refractivity contribution in [2.75, 3.05) is 19.7 Å². The molecule has 2 amide bonds. The van der Waals surface area contributed by atoms with Gasteiger partial charge in [-0.3, -0.25) is 0 Å². The van der Waals surface area contributed by atoms with Gasteiger partial charge in [0.2, 0.25) is 0 Å². The van der Waals surface area contributed by atoms with Gasteiger partial charge in [-0.25, -0.2) is 4.79 Å². The smallest absolute Gasteiger partial charge is 0.318 e. The largest absolute Gasteiger partial charge is 0.366 e. The van der Waals surface area contributed by atoms with Gasteiger partial charge in [-0.2, -0.15) is 0 Å². The summed E-state index contributed by atoms with van der Waals surface area (Å²) < 4.78 is 7.54. The third-order valence-corrected chi connectivity index (χ3v) is 4.75. The fourth-order valence-electron chi connectivity index (χ4n) is 2.46. The van der Waals surface area contributed by atoms with Gasteiger partial charge < -0.3 is 19.5 Å². The molecule has 1 aliphatic rings. The molecule has 0 unspecified atom stereocenters. The molecular formula is C14H19N5O2S. The lowest BCUT2D eigenvalue weighted by molar-refractivity contribution is -0.0217. The Balaban J connectivity index is 1.62. The van der Waals surface area contributed by atoms with Crippen LogP contribution in [0.1, 0.15) is 29.8 Å². The molecule has 2 aromatic rings. The number of nitrogens with one attached hydrogen (secondary N) is 1. The maximum absolute atomic E-state index is 12.4. The van der Waals surface area contributed by atoms with E-state index in [0.29, 0.717) is 19.7 Å². The summed E-state index contributed by atoms with van der Waals surface area (Å²) >= 11 is 1.64. The van der Waals surface area contributed by atoms with E-state index in [-0.39, 0.29) is 18.2 Å². The molecule has 0 bridgehead atoms. The summed E-state index contributed by atoms with van der Waals surface area (Å²) in [6.45, 7) is 3.55. The van der Waals surface area contributed by atoms with E-state index in [1.54, 1.807) is 22.6 Å². The van der Waals surface area contributed by atoms with Crippen LogP contribution in [0, 0.1) is 0 Å². The number of nitrogens with zero attached hydrogens (tertiary/aromatic N) is 4. The molecule has 1 saturated heterocycles. The first kappa shape index (κ1) is 15.0. The van der Waals surface area contributed by atoms with Gasteiger partial charge in [-0.15, -0.1) is 21.5 Å². The minimum Gasteiger partial charge on any atom is -0.366 e. The molecule has 0 radical (unpaired) electrons. The standard InChI is InChI=1S/C14H19N5O2S/c1-10(12-4-3-7-22-12)16-14(20)19-5-6-21-11(8-19)13-17-15-9-18(13)2/h3-4,7,9-11H,5-6,8H2,1-2H3,(H,16,20)/t10-,11+/m1/s1. The van der Waals surface area contributed by atoms with E-state index in [1.165, 1.54) is 0 Å².